The van der Waals surface area contributed by atoms with Gasteiger partial charge in [-0.05, 0) is 31.0 Å². The maximum Gasteiger partial charge on any atom is 0.335 e. The summed E-state index contributed by atoms with van der Waals surface area (Å²) >= 11 is 1.81. The minimum absolute atomic E-state index is 0.330. The predicted molar refractivity (Wildman–Crippen MR) is 93.5 cm³/mol. The van der Waals surface area contributed by atoms with Crippen molar-refractivity contribution in [1.29, 1.82) is 0 Å². The summed E-state index contributed by atoms with van der Waals surface area (Å²) < 4.78 is 5.40. The van der Waals surface area contributed by atoms with E-state index >= 15 is 0 Å². The van der Waals surface area contributed by atoms with E-state index in [0.717, 1.165) is 44.8 Å². The van der Waals surface area contributed by atoms with Crippen molar-refractivity contribution in [2.24, 2.45) is 0 Å². The van der Waals surface area contributed by atoms with Crippen molar-refractivity contribution in [2.75, 3.05) is 32.8 Å². The number of ether oxygens (including phenoxy) is 1. The van der Waals surface area contributed by atoms with Gasteiger partial charge in [-0.2, -0.15) is 0 Å². The Hall–Kier alpha value is -1.56. The molecule has 0 unspecified atom stereocenters. The van der Waals surface area contributed by atoms with E-state index in [2.05, 4.69) is 17.9 Å². The lowest BCUT2D eigenvalue weighted by atomic mass is 10.1. The lowest BCUT2D eigenvalue weighted by Gasteiger charge is -2.29. The lowest BCUT2D eigenvalue weighted by molar-refractivity contribution is 0.0430. The lowest BCUT2D eigenvalue weighted by Crippen LogP contribution is -2.37. The van der Waals surface area contributed by atoms with Crippen LogP contribution in [-0.4, -0.2) is 48.8 Å². The van der Waals surface area contributed by atoms with E-state index < -0.39 is 5.97 Å². The van der Waals surface area contributed by atoms with Crippen molar-refractivity contribution in [2.45, 2.75) is 13.3 Å². The smallest absolute Gasteiger partial charge is 0.335 e. The summed E-state index contributed by atoms with van der Waals surface area (Å²) in [4.78, 5) is 16.0. The number of carboxylic acid groups (broad SMARTS) is 1. The standard InChI is InChI=1S/C18H21NO3S/c1-13-2-7-16(12-19-8-10-22-11-9-19)23-17(13)14-3-5-15(6-4-14)18(20)21/h3-7H,2,8-12H2,1H3,(H,20,21). The van der Waals surface area contributed by atoms with E-state index in [0.29, 0.717) is 5.56 Å². The van der Waals surface area contributed by atoms with Crippen LogP contribution in [0.15, 0.2) is 40.8 Å². The highest BCUT2D eigenvalue weighted by Crippen LogP contribution is 2.41. The molecule has 0 amide bonds. The van der Waals surface area contributed by atoms with Gasteiger partial charge in [-0.15, -0.1) is 0 Å². The number of thioether (sulfide) groups is 1. The first-order valence-electron chi connectivity index (χ1n) is 7.84. The number of carboxylic acids is 1. The number of benzene rings is 1. The second-order valence-electron chi connectivity index (χ2n) is 5.86. The molecule has 1 N–H and O–H groups in total. The maximum absolute atomic E-state index is 11.0. The fourth-order valence-corrected chi connectivity index (χ4v) is 3.95. The summed E-state index contributed by atoms with van der Waals surface area (Å²) in [6.07, 6.45) is 3.27. The van der Waals surface area contributed by atoms with Crippen molar-refractivity contribution in [3.05, 3.63) is 51.9 Å². The minimum Gasteiger partial charge on any atom is -0.478 e. The summed E-state index contributed by atoms with van der Waals surface area (Å²) in [6, 6.07) is 7.18. The Bertz CT molecular complexity index is 643. The third-order valence-corrected chi connectivity index (χ3v) is 5.48. The van der Waals surface area contributed by atoms with Crippen LogP contribution < -0.4 is 0 Å². The summed E-state index contributed by atoms with van der Waals surface area (Å²) in [6.45, 7) is 6.73. The highest BCUT2D eigenvalue weighted by Gasteiger charge is 2.18. The van der Waals surface area contributed by atoms with Crippen LogP contribution >= 0.6 is 11.8 Å². The second-order valence-corrected chi connectivity index (χ2v) is 6.99. The van der Waals surface area contributed by atoms with Gasteiger partial charge in [0.05, 0.1) is 18.8 Å². The highest BCUT2D eigenvalue weighted by molar-refractivity contribution is 8.11. The quantitative estimate of drug-likeness (QED) is 0.915. The van der Waals surface area contributed by atoms with Crippen molar-refractivity contribution in [3.63, 3.8) is 0 Å². The first-order chi connectivity index (χ1) is 11.1. The average Bonchev–Trinajstić information content (AvgIpc) is 2.58. The Kier molecular flexibility index (Phi) is 5.20. The molecule has 5 heteroatoms. The Labute approximate surface area is 140 Å². The van der Waals surface area contributed by atoms with Crippen LogP contribution in [0.4, 0.5) is 0 Å². The van der Waals surface area contributed by atoms with Crippen LogP contribution in [0.3, 0.4) is 0 Å². The van der Waals surface area contributed by atoms with Gasteiger partial charge < -0.3 is 9.84 Å². The topological polar surface area (TPSA) is 49.8 Å². The van der Waals surface area contributed by atoms with Crippen LogP contribution in [0.25, 0.3) is 4.91 Å². The molecule has 1 saturated heterocycles. The molecule has 0 saturated carbocycles. The number of aromatic carboxylic acids is 1. The number of nitrogens with zero attached hydrogens (tertiary/aromatic N) is 1. The minimum atomic E-state index is -0.883. The van der Waals surface area contributed by atoms with Gasteiger partial charge >= 0.3 is 5.97 Å². The van der Waals surface area contributed by atoms with E-state index in [9.17, 15) is 4.79 Å². The third-order valence-electron chi connectivity index (χ3n) is 4.13. The van der Waals surface area contributed by atoms with Gasteiger partial charge in [0.2, 0.25) is 0 Å². The molecule has 0 radical (unpaired) electrons. The SMILES string of the molecule is CC1=C(c2ccc(C(=O)O)cc2)SC(CN2CCOCC2)=CC1. The molecule has 2 aliphatic rings. The van der Waals surface area contributed by atoms with E-state index in [1.54, 1.807) is 12.1 Å². The van der Waals surface area contributed by atoms with Gasteiger partial charge in [0.15, 0.2) is 0 Å². The monoisotopic (exact) mass is 331 g/mol. The van der Waals surface area contributed by atoms with Crippen LogP contribution in [0.1, 0.15) is 29.3 Å². The number of carbonyl (C=O) groups is 1. The van der Waals surface area contributed by atoms with Crippen LogP contribution in [-0.2, 0) is 4.74 Å². The summed E-state index contributed by atoms with van der Waals surface area (Å²) in [5.74, 6) is -0.883. The van der Waals surface area contributed by atoms with Crippen molar-refractivity contribution >= 4 is 22.6 Å². The van der Waals surface area contributed by atoms with E-state index in [1.165, 1.54) is 15.4 Å². The highest BCUT2D eigenvalue weighted by atomic mass is 32.2. The third kappa shape index (κ3) is 4.05. The van der Waals surface area contributed by atoms with E-state index in [-0.39, 0.29) is 0 Å². The van der Waals surface area contributed by atoms with Crippen molar-refractivity contribution < 1.29 is 14.6 Å². The van der Waals surface area contributed by atoms with Gasteiger partial charge in [0.25, 0.3) is 0 Å². The Morgan fingerprint density at radius 1 is 1.26 bits per heavy atom. The molecule has 2 heterocycles. The van der Waals surface area contributed by atoms with Gasteiger partial charge in [-0.25, -0.2) is 4.79 Å². The average molecular weight is 331 g/mol. The first kappa shape index (κ1) is 16.3. The zero-order valence-electron chi connectivity index (χ0n) is 13.2. The van der Waals surface area contributed by atoms with Gasteiger partial charge in [0.1, 0.15) is 0 Å². The first-order valence-corrected chi connectivity index (χ1v) is 8.65. The number of hydrogen-bond acceptors (Lipinski definition) is 4. The maximum atomic E-state index is 11.0. The Morgan fingerprint density at radius 2 is 1.96 bits per heavy atom. The molecule has 23 heavy (non-hydrogen) atoms. The summed E-state index contributed by atoms with van der Waals surface area (Å²) in [5, 5.41) is 9.02. The summed E-state index contributed by atoms with van der Waals surface area (Å²) in [5.41, 5.74) is 2.77. The molecule has 0 aromatic heterocycles. The van der Waals surface area contributed by atoms with Gasteiger partial charge in [0, 0.05) is 29.4 Å². The molecule has 3 rings (SSSR count). The zero-order valence-corrected chi connectivity index (χ0v) is 14.1. The number of allylic oxidation sites excluding steroid dienone is 2. The molecule has 1 aromatic rings. The molecule has 2 aliphatic heterocycles. The van der Waals surface area contributed by atoms with Gasteiger partial charge in [-0.1, -0.05) is 35.5 Å². The number of rotatable bonds is 4. The fraction of sp³-hybridized carbons (Fsp3) is 0.389. The van der Waals surface area contributed by atoms with Crippen LogP contribution in [0.5, 0.6) is 0 Å². The zero-order chi connectivity index (χ0) is 16.2. The van der Waals surface area contributed by atoms with Crippen LogP contribution in [0, 0.1) is 0 Å². The van der Waals surface area contributed by atoms with Crippen molar-refractivity contribution in [3.8, 4) is 0 Å². The molecule has 1 fully saturated rings. The molecule has 0 bridgehead atoms. The van der Waals surface area contributed by atoms with E-state index in [4.69, 9.17) is 9.84 Å². The molecule has 4 nitrogen and oxygen atoms in total. The second kappa shape index (κ2) is 7.34. The predicted octanol–water partition coefficient (Wildman–Crippen LogP) is 3.47. The van der Waals surface area contributed by atoms with Crippen LogP contribution in [0.2, 0.25) is 0 Å². The molecule has 0 aliphatic carbocycles. The van der Waals surface area contributed by atoms with Gasteiger partial charge in [-0.3, -0.25) is 4.90 Å². The number of morpholine rings is 1. The Balaban J connectivity index is 1.70. The number of hydrogen-bond donors (Lipinski definition) is 1. The summed E-state index contributed by atoms with van der Waals surface area (Å²) in [7, 11) is 0. The van der Waals surface area contributed by atoms with E-state index in [1.807, 2.05) is 23.9 Å². The molecule has 0 atom stereocenters. The Morgan fingerprint density at radius 3 is 2.61 bits per heavy atom. The molecular weight excluding hydrogens is 310 g/mol. The normalized spacial score (nSPS) is 19.6. The van der Waals surface area contributed by atoms with Crippen molar-refractivity contribution in [1.82, 2.24) is 4.90 Å². The largest absolute Gasteiger partial charge is 0.478 e. The molecular formula is C18H21NO3S. The molecule has 1 aromatic carbocycles. The molecule has 0 spiro atoms. The molecule has 122 valence electrons. The fourth-order valence-electron chi connectivity index (χ4n) is 2.77.